The van der Waals surface area contributed by atoms with Crippen molar-refractivity contribution in [3.8, 4) is 0 Å². The normalized spacial score (nSPS) is 11.3. The number of carbonyl (C=O) groups is 1. The van der Waals surface area contributed by atoms with Crippen molar-refractivity contribution in [2.75, 3.05) is 11.4 Å². The Morgan fingerprint density at radius 3 is 2.91 bits per heavy atom. The summed E-state index contributed by atoms with van der Waals surface area (Å²) in [5, 5.41) is 11.7. The first-order chi connectivity index (χ1) is 16.0. The van der Waals surface area contributed by atoms with E-state index in [1.807, 2.05) is 16.8 Å². The molecule has 0 aliphatic carbocycles. The Morgan fingerprint density at radius 1 is 1.27 bits per heavy atom. The van der Waals surface area contributed by atoms with Gasteiger partial charge in [0.05, 0.1) is 21.5 Å². The maximum absolute atomic E-state index is 13.2. The molecule has 9 heteroatoms. The van der Waals surface area contributed by atoms with Crippen LogP contribution in [-0.4, -0.2) is 31.9 Å². The molecule has 0 aliphatic heterocycles. The second-order valence-corrected chi connectivity index (χ2v) is 8.49. The first kappa shape index (κ1) is 22.3. The monoisotopic (exact) mass is 461 g/mol. The molecule has 4 aromatic rings. The number of carbonyl (C=O) groups excluding carboxylic acids is 1. The molecule has 0 radical (unpaired) electrons. The van der Waals surface area contributed by atoms with E-state index in [4.69, 9.17) is 4.98 Å². The van der Waals surface area contributed by atoms with E-state index in [1.165, 1.54) is 35.1 Å². The summed E-state index contributed by atoms with van der Waals surface area (Å²) < 4.78 is 3.01. The number of aromatic nitrogens is 3. The van der Waals surface area contributed by atoms with Crippen LogP contribution >= 0.6 is 11.3 Å². The van der Waals surface area contributed by atoms with Crippen molar-refractivity contribution >= 4 is 44.4 Å². The summed E-state index contributed by atoms with van der Waals surface area (Å²) in [4.78, 5) is 34.2. The quantitative estimate of drug-likeness (QED) is 0.196. The van der Waals surface area contributed by atoms with E-state index in [0.717, 1.165) is 29.6 Å². The van der Waals surface area contributed by atoms with Gasteiger partial charge in [-0.05, 0) is 42.2 Å². The highest BCUT2D eigenvalue weighted by atomic mass is 32.1. The molecule has 2 aromatic heterocycles. The largest absolute Gasteiger partial charge is 0.337 e. The Bertz CT molecular complexity index is 1300. The summed E-state index contributed by atoms with van der Waals surface area (Å²) in [6, 6.07) is 12.3. The van der Waals surface area contributed by atoms with Gasteiger partial charge in [0.2, 0.25) is 0 Å². The fourth-order valence-electron chi connectivity index (χ4n) is 3.42. The molecule has 168 valence electrons. The van der Waals surface area contributed by atoms with Crippen molar-refractivity contribution in [3.63, 3.8) is 0 Å². The lowest BCUT2D eigenvalue weighted by atomic mass is 10.2. The third kappa shape index (κ3) is 5.50. The third-order valence-electron chi connectivity index (χ3n) is 5.20. The van der Waals surface area contributed by atoms with Gasteiger partial charge in [-0.2, -0.15) is 0 Å². The van der Waals surface area contributed by atoms with Crippen molar-refractivity contribution in [3.05, 3.63) is 88.5 Å². The van der Waals surface area contributed by atoms with Gasteiger partial charge in [-0.1, -0.05) is 36.5 Å². The van der Waals surface area contributed by atoms with Crippen LogP contribution in [-0.2, 0) is 17.8 Å². The zero-order chi connectivity index (χ0) is 23.2. The average Bonchev–Trinajstić information content (AvgIpc) is 3.49. The molecule has 1 amide bonds. The molecule has 0 bridgehead atoms. The number of hydrogen-bond donors (Lipinski definition) is 0. The summed E-state index contributed by atoms with van der Waals surface area (Å²) in [6.45, 7) is 3.31. The number of rotatable bonds is 9. The summed E-state index contributed by atoms with van der Waals surface area (Å²) in [5.41, 5.74) is 2.66. The SMILES string of the molecule is CCc1ccc2nc(N(CCCn3ccnc3)C(=O)/C=C/c3cccc([N+](=O)[O-])c3)sc2c1. The first-order valence-corrected chi connectivity index (χ1v) is 11.4. The number of aryl methyl sites for hydroxylation is 2. The third-order valence-corrected chi connectivity index (χ3v) is 6.24. The van der Waals surface area contributed by atoms with E-state index >= 15 is 0 Å². The number of anilines is 1. The number of imidazole rings is 1. The van der Waals surface area contributed by atoms with Gasteiger partial charge in [0, 0.05) is 43.7 Å². The van der Waals surface area contributed by atoms with Crippen molar-refractivity contribution in [2.24, 2.45) is 0 Å². The van der Waals surface area contributed by atoms with Crippen LogP contribution in [0.2, 0.25) is 0 Å². The minimum absolute atomic E-state index is 0.0142. The van der Waals surface area contributed by atoms with Crippen molar-refractivity contribution in [1.82, 2.24) is 14.5 Å². The van der Waals surface area contributed by atoms with Gasteiger partial charge in [0.1, 0.15) is 0 Å². The fourth-order valence-corrected chi connectivity index (χ4v) is 4.48. The lowest BCUT2D eigenvalue weighted by Gasteiger charge is -2.18. The van der Waals surface area contributed by atoms with Crippen LogP contribution in [0.15, 0.2) is 67.3 Å². The predicted molar refractivity (Wildman–Crippen MR) is 130 cm³/mol. The second kappa shape index (κ2) is 10.2. The molecule has 2 aromatic carbocycles. The molecule has 0 N–H and O–H groups in total. The van der Waals surface area contributed by atoms with Crippen molar-refractivity contribution in [1.29, 1.82) is 0 Å². The van der Waals surface area contributed by atoms with E-state index in [-0.39, 0.29) is 11.6 Å². The van der Waals surface area contributed by atoms with Gasteiger partial charge >= 0.3 is 0 Å². The zero-order valence-corrected chi connectivity index (χ0v) is 18.9. The van der Waals surface area contributed by atoms with Gasteiger partial charge in [-0.25, -0.2) is 9.97 Å². The van der Waals surface area contributed by atoms with Gasteiger partial charge in [-0.3, -0.25) is 19.8 Å². The fraction of sp³-hybridized carbons (Fsp3) is 0.208. The minimum atomic E-state index is -0.451. The molecular formula is C24H23N5O3S. The molecule has 0 spiro atoms. The van der Waals surface area contributed by atoms with Crippen molar-refractivity contribution < 1.29 is 9.72 Å². The van der Waals surface area contributed by atoms with Crippen LogP contribution in [0.1, 0.15) is 24.5 Å². The summed E-state index contributed by atoms with van der Waals surface area (Å²) in [6.07, 6.45) is 10.1. The Hall–Kier alpha value is -3.85. The maximum atomic E-state index is 13.2. The van der Waals surface area contributed by atoms with E-state index in [1.54, 1.807) is 35.6 Å². The molecule has 8 nitrogen and oxygen atoms in total. The predicted octanol–water partition coefficient (Wildman–Crippen LogP) is 5.10. The van der Waals surface area contributed by atoms with Gasteiger partial charge in [0.15, 0.2) is 5.13 Å². The van der Waals surface area contributed by atoms with Crippen LogP contribution in [0.4, 0.5) is 10.8 Å². The topological polar surface area (TPSA) is 94.2 Å². The number of nitrogens with zero attached hydrogens (tertiary/aromatic N) is 5. The minimum Gasteiger partial charge on any atom is -0.337 e. The van der Waals surface area contributed by atoms with E-state index in [2.05, 4.69) is 24.0 Å². The number of nitro groups is 1. The number of hydrogen-bond acceptors (Lipinski definition) is 6. The summed E-state index contributed by atoms with van der Waals surface area (Å²) >= 11 is 1.49. The second-order valence-electron chi connectivity index (χ2n) is 7.48. The molecule has 0 aliphatic rings. The molecule has 33 heavy (non-hydrogen) atoms. The van der Waals surface area contributed by atoms with Crippen LogP contribution in [0, 0.1) is 10.1 Å². The number of thiazole rings is 1. The lowest BCUT2D eigenvalue weighted by Crippen LogP contribution is -2.30. The molecule has 4 rings (SSSR count). The number of benzene rings is 2. The van der Waals surface area contributed by atoms with E-state index < -0.39 is 4.92 Å². The smallest absolute Gasteiger partial charge is 0.270 e. The number of non-ortho nitro benzene ring substituents is 1. The van der Waals surface area contributed by atoms with Crippen LogP contribution in [0.25, 0.3) is 16.3 Å². The Balaban J connectivity index is 1.58. The van der Waals surface area contributed by atoms with E-state index in [0.29, 0.717) is 17.2 Å². The average molecular weight is 462 g/mol. The number of nitro benzene ring substituents is 1. The molecule has 0 saturated heterocycles. The molecular weight excluding hydrogens is 438 g/mol. The maximum Gasteiger partial charge on any atom is 0.270 e. The zero-order valence-electron chi connectivity index (χ0n) is 18.1. The van der Waals surface area contributed by atoms with Gasteiger partial charge in [-0.15, -0.1) is 0 Å². The van der Waals surface area contributed by atoms with Gasteiger partial charge < -0.3 is 4.57 Å². The van der Waals surface area contributed by atoms with Crippen LogP contribution < -0.4 is 4.90 Å². The van der Waals surface area contributed by atoms with Crippen LogP contribution in [0.3, 0.4) is 0 Å². The highest BCUT2D eigenvalue weighted by Gasteiger charge is 2.18. The molecule has 0 fully saturated rings. The Morgan fingerprint density at radius 2 is 2.15 bits per heavy atom. The van der Waals surface area contributed by atoms with Gasteiger partial charge in [0.25, 0.3) is 11.6 Å². The highest BCUT2D eigenvalue weighted by Crippen LogP contribution is 2.30. The summed E-state index contributed by atoms with van der Waals surface area (Å²) in [7, 11) is 0. The molecule has 0 saturated carbocycles. The lowest BCUT2D eigenvalue weighted by molar-refractivity contribution is -0.384. The number of fused-ring (bicyclic) bond motifs is 1. The standard InChI is InChI=1S/C24H23N5O3S/c1-2-18-7-9-21-22(16-18)33-24(26-21)28(13-4-12-27-14-11-25-17-27)23(30)10-8-19-5-3-6-20(15-19)29(31)32/h3,5-11,14-17H,2,4,12-13H2,1H3/b10-8+. The molecule has 0 atom stereocenters. The van der Waals surface area contributed by atoms with E-state index in [9.17, 15) is 14.9 Å². The molecule has 2 heterocycles. The summed E-state index contributed by atoms with van der Waals surface area (Å²) in [5.74, 6) is -0.220. The van der Waals surface area contributed by atoms with Crippen LogP contribution in [0.5, 0.6) is 0 Å². The first-order valence-electron chi connectivity index (χ1n) is 10.6. The Labute approximate surface area is 195 Å². The highest BCUT2D eigenvalue weighted by molar-refractivity contribution is 7.22. The number of amides is 1. The van der Waals surface area contributed by atoms with Crippen molar-refractivity contribution in [2.45, 2.75) is 26.3 Å². The molecule has 0 unspecified atom stereocenters. The Kier molecular flexibility index (Phi) is 6.89.